The van der Waals surface area contributed by atoms with Gasteiger partial charge in [0.25, 0.3) is 0 Å². The van der Waals surface area contributed by atoms with Gasteiger partial charge in [0, 0.05) is 28.0 Å². The SMILES string of the molecule is CC(C)(CCCl)NCc1cc(Br)ccc1F. The van der Waals surface area contributed by atoms with E-state index in [0.717, 1.165) is 10.9 Å². The van der Waals surface area contributed by atoms with Crippen LogP contribution in [0, 0.1) is 5.82 Å². The van der Waals surface area contributed by atoms with Crippen LogP contribution in [0.25, 0.3) is 0 Å². The van der Waals surface area contributed by atoms with Crippen molar-refractivity contribution in [1.82, 2.24) is 5.32 Å². The highest BCUT2D eigenvalue weighted by Gasteiger charge is 2.16. The molecule has 0 unspecified atom stereocenters. The minimum Gasteiger partial charge on any atom is -0.308 e. The van der Waals surface area contributed by atoms with Gasteiger partial charge < -0.3 is 5.32 Å². The van der Waals surface area contributed by atoms with E-state index < -0.39 is 0 Å². The van der Waals surface area contributed by atoms with E-state index in [2.05, 4.69) is 35.1 Å². The van der Waals surface area contributed by atoms with Gasteiger partial charge in [-0.05, 0) is 38.5 Å². The molecule has 90 valence electrons. The third kappa shape index (κ3) is 4.40. The van der Waals surface area contributed by atoms with Gasteiger partial charge in [0.15, 0.2) is 0 Å². The van der Waals surface area contributed by atoms with Crippen LogP contribution < -0.4 is 5.32 Å². The number of halogens is 3. The van der Waals surface area contributed by atoms with Gasteiger partial charge in [-0.15, -0.1) is 11.6 Å². The van der Waals surface area contributed by atoms with Crippen LogP contribution in [0.5, 0.6) is 0 Å². The first-order valence-electron chi connectivity index (χ1n) is 5.19. The van der Waals surface area contributed by atoms with Crippen LogP contribution in [0.2, 0.25) is 0 Å². The summed E-state index contributed by atoms with van der Waals surface area (Å²) >= 11 is 9.03. The molecule has 0 heterocycles. The molecular weight excluding hydrogens is 292 g/mol. The third-order valence-electron chi connectivity index (χ3n) is 2.48. The number of nitrogens with one attached hydrogen (secondary N) is 1. The van der Waals surface area contributed by atoms with Crippen molar-refractivity contribution in [3.8, 4) is 0 Å². The molecule has 0 aromatic heterocycles. The molecule has 0 aliphatic rings. The lowest BCUT2D eigenvalue weighted by Crippen LogP contribution is -2.39. The molecule has 1 aromatic carbocycles. The van der Waals surface area contributed by atoms with E-state index in [9.17, 15) is 4.39 Å². The fourth-order valence-corrected chi connectivity index (χ4v) is 2.22. The first kappa shape index (κ1) is 13.9. The van der Waals surface area contributed by atoms with Gasteiger partial charge in [0.2, 0.25) is 0 Å². The second-order valence-corrected chi connectivity index (χ2v) is 5.71. The highest BCUT2D eigenvalue weighted by Crippen LogP contribution is 2.17. The Morgan fingerprint density at radius 3 is 2.75 bits per heavy atom. The first-order chi connectivity index (χ1) is 7.44. The van der Waals surface area contributed by atoms with E-state index in [1.54, 1.807) is 12.1 Å². The molecule has 0 spiro atoms. The maximum Gasteiger partial charge on any atom is 0.127 e. The van der Waals surface area contributed by atoms with Crippen LogP contribution in [-0.4, -0.2) is 11.4 Å². The Hall–Kier alpha value is -0.120. The molecule has 0 saturated heterocycles. The van der Waals surface area contributed by atoms with Crippen LogP contribution in [-0.2, 0) is 6.54 Å². The summed E-state index contributed by atoms with van der Waals surface area (Å²) in [6.07, 6.45) is 0.851. The highest BCUT2D eigenvalue weighted by molar-refractivity contribution is 9.10. The van der Waals surface area contributed by atoms with Gasteiger partial charge in [-0.1, -0.05) is 15.9 Å². The normalized spacial score (nSPS) is 11.8. The van der Waals surface area contributed by atoms with E-state index in [1.807, 2.05) is 0 Å². The maximum absolute atomic E-state index is 13.4. The molecule has 0 atom stereocenters. The van der Waals surface area contributed by atoms with E-state index in [-0.39, 0.29) is 11.4 Å². The molecule has 0 saturated carbocycles. The van der Waals surface area contributed by atoms with Crippen LogP contribution in [0.3, 0.4) is 0 Å². The molecule has 4 heteroatoms. The average molecular weight is 309 g/mol. The summed E-state index contributed by atoms with van der Waals surface area (Å²) in [5.41, 5.74) is 0.591. The van der Waals surface area contributed by atoms with E-state index in [4.69, 9.17) is 11.6 Å². The Bertz CT molecular complexity index is 355. The van der Waals surface area contributed by atoms with Gasteiger partial charge in [-0.2, -0.15) is 0 Å². The Balaban J connectivity index is 2.63. The Labute approximate surface area is 110 Å². The minimum atomic E-state index is -0.183. The Morgan fingerprint density at radius 2 is 2.12 bits per heavy atom. The molecule has 1 N–H and O–H groups in total. The number of alkyl halides is 1. The first-order valence-corrected chi connectivity index (χ1v) is 6.52. The van der Waals surface area contributed by atoms with Crippen LogP contribution >= 0.6 is 27.5 Å². The van der Waals surface area contributed by atoms with E-state index in [1.165, 1.54) is 6.07 Å². The molecule has 1 aromatic rings. The standard InChI is InChI=1S/C12H16BrClFN/c1-12(2,5-6-14)16-8-9-7-10(13)3-4-11(9)15/h3-4,7,16H,5-6,8H2,1-2H3. The Kier molecular flexibility index (Phi) is 5.22. The molecular formula is C12H16BrClFN. The van der Waals surface area contributed by atoms with Crippen LogP contribution in [0.15, 0.2) is 22.7 Å². The van der Waals surface area contributed by atoms with Crippen molar-refractivity contribution >= 4 is 27.5 Å². The zero-order chi connectivity index (χ0) is 12.2. The van der Waals surface area contributed by atoms with Gasteiger partial charge in [0.1, 0.15) is 5.82 Å². The minimum absolute atomic E-state index is 0.0729. The fourth-order valence-electron chi connectivity index (χ4n) is 1.34. The predicted octanol–water partition coefficient (Wildman–Crippen LogP) is 4.09. The van der Waals surface area contributed by atoms with Gasteiger partial charge in [-0.25, -0.2) is 4.39 Å². The summed E-state index contributed by atoms with van der Waals surface area (Å²) in [7, 11) is 0. The molecule has 0 aliphatic heterocycles. The van der Waals surface area contributed by atoms with Crippen molar-refractivity contribution in [3.05, 3.63) is 34.1 Å². The lowest BCUT2D eigenvalue weighted by Gasteiger charge is -2.25. The zero-order valence-electron chi connectivity index (χ0n) is 9.49. The number of hydrogen-bond donors (Lipinski definition) is 1. The second-order valence-electron chi connectivity index (χ2n) is 4.41. The monoisotopic (exact) mass is 307 g/mol. The predicted molar refractivity (Wildman–Crippen MR) is 70.4 cm³/mol. The van der Waals surface area contributed by atoms with Crippen LogP contribution in [0.4, 0.5) is 4.39 Å². The topological polar surface area (TPSA) is 12.0 Å². The maximum atomic E-state index is 13.4. The molecule has 0 fully saturated rings. The van der Waals surface area contributed by atoms with Crippen molar-refractivity contribution in [2.75, 3.05) is 5.88 Å². The van der Waals surface area contributed by atoms with Crippen molar-refractivity contribution in [2.45, 2.75) is 32.4 Å². The number of hydrogen-bond acceptors (Lipinski definition) is 1. The van der Waals surface area contributed by atoms with Crippen molar-refractivity contribution < 1.29 is 4.39 Å². The summed E-state index contributed by atoms with van der Waals surface area (Å²) in [5, 5.41) is 3.30. The van der Waals surface area contributed by atoms with Crippen molar-refractivity contribution in [2.24, 2.45) is 0 Å². The summed E-state index contributed by atoms with van der Waals surface area (Å²) in [5.74, 6) is 0.415. The summed E-state index contributed by atoms with van der Waals surface area (Å²) in [6.45, 7) is 4.63. The van der Waals surface area contributed by atoms with E-state index in [0.29, 0.717) is 18.0 Å². The number of benzene rings is 1. The largest absolute Gasteiger partial charge is 0.308 e. The lowest BCUT2D eigenvalue weighted by molar-refractivity contribution is 0.373. The van der Waals surface area contributed by atoms with Gasteiger partial charge >= 0.3 is 0 Å². The molecule has 0 bridgehead atoms. The number of rotatable bonds is 5. The summed E-state index contributed by atoms with van der Waals surface area (Å²) < 4.78 is 14.3. The smallest absolute Gasteiger partial charge is 0.127 e. The summed E-state index contributed by atoms with van der Waals surface area (Å²) in [4.78, 5) is 0. The fraction of sp³-hybridized carbons (Fsp3) is 0.500. The quantitative estimate of drug-likeness (QED) is 0.808. The summed E-state index contributed by atoms with van der Waals surface area (Å²) in [6, 6.07) is 4.96. The lowest BCUT2D eigenvalue weighted by atomic mass is 10.0. The van der Waals surface area contributed by atoms with Crippen LogP contribution in [0.1, 0.15) is 25.8 Å². The third-order valence-corrected chi connectivity index (χ3v) is 3.17. The van der Waals surface area contributed by atoms with Gasteiger partial charge in [0.05, 0.1) is 0 Å². The molecule has 0 amide bonds. The molecule has 1 nitrogen and oxygen atoms in total. The van der Waals surface area contributed by atoms with E-state index >= 15 is 0 Å². The van der Waals surface area contributed by atoms with Gasteiger partial charge in [-0.3, -0.25) is 0 Å². The second kappa shape index (κ2) is 5.99. The zero-order valence-corrected chi connectivity index (χ0v) is 11.8. The molecule has 16 heavy (non-hydrogen) atoms. The van der Waals surface area contributed by atoms with Crippen molar-refractivity contribution in [1.29, 1.82) is 0 Å². The van der Waals surface area contributed by atoms with Crippen molar-refractivity contribution in [3.63, 3.8) is 0 Å². The molecule has 0 radical (unpaired) electrons. The average Bonchev–Trinajstić information content (AvgIpc) is 2.19. The highest BCUT2D eigenvalue weighted by atomic mass is 79.9. The molecule has 1 rings (SSSR count). The molecule has 0 aliphatic carbocycles. The Morgan fingerprint density at radius 1 is 1.44 bits per heavy atom.